The third kappa shape index (κ3) is 5.24. The first-order valence-corrected chi connectivity index (χ1v) is 21.5. The maximum Gasteiger partial charge on any atom is 0.164 e. The molecule has 0 spiro atoms. The van der Waals surface area contributed by atoms with Crippen molar-refractivity contribution in [2.45, 2.75) is 37.2 Å². The van der Waals surface area contributed by atoms with Crippen LogP contribution in [-0.2, 0) is 11.8 Å². The summed E-state index contributed by atoms with van der Waals surface area (Å²) >= 11 is 0. The predicted octanol–water partition coefficient (Wildman–Crippen LogP) is 13.8. The molecule has 13 rings (SSSR count). The largest absolute Gasteiger partial charge is 0.484 e. The number of aryl methyl sites for hydroxylation is 1. The minimum atomic E-state index is -0.394. The molecule has 0 fully saturated rings. The average Bonchev–Trinajstić information content (AvgIpc) is 3.81. The first-order chi connectivity index (χ1) is 30.6. The van der Waals surface area contributed by atoms with Crippen molar-refractivity contribution in [3.63, 3.8) is 0 Å². The number of nitrogens with zero attached hydrogens (tertiary/aromatic N) is 3. The predicted molar refractivity (Wildman–Crippen MR) is 250 cm³/mol. The summed E-state index contributed by atoms with van der Waals surface area (Å²) in [4.78, 5) is 16.4. The highest BCUT2D eigenvalue weighted by atomic mass is 16.5. The molecule has 2 aliphatic carbocycles. The smallest absolute Gasteiger partial charge is 0.164 e. The molecule has 0 amide bonds. The summed E-state index contributed by atoms with van der Waals surface area (Å²) in [5.41, 5.74) is 11.6. The Morgan fingerprint density at radius 1 is 0.565 bits per heavy atom. The molecule has 3 atom stereocenters. The minimum Gasteiger partial charge on any atom is -0.484 e. The SMILES string of the molecule is CC12C=CC=C(c3nc(-c4ccc5c(oc6ccccc65)c4C4CCc5cc6ccccc6cc5-c5ccccc54)nc(-c4cccc5ccccc45)n3)C1Oc1ccccc12. The van der Waals surface area contributed by atoms with Crippen LogP contribution in [0.1, 0.15) is 47.3 Å². The Bertz CT molecular complexity index is 3560. The fraction of sp³-hybridized carbons (Fsp3) is 0.105. The molecule has 10 aromatic rings. The van der Waals surface area contributed by atoms with Gasteiger partial charge in [0, 0.05) is 44.5 Å². The van der Waals surface area contributed by atoms with E-state index in [2.05, 4.69) is 177 Å². The quantitative estimate of drug-likeness (QED) is 0.177. The average molecular weight is 798 g/mol. The lowest BCUT2D eigenvalue weighted by atomic mass is 9.73. The second-order valence-corrected chi connectivity index (χ2v) is 17.1. The molecule has 0 bridgehead atoms. The van der Waals surface area contributed by atoms with Crippen LogP contribution in [0.25, 0.3) is 83.0 Å². The fourth-order valence-corrected chi connectivity index (χ4v) is 10.7. The lowest BCUT2D eigenvalue weighted by molar-refractivity contribution is 0.237. The monoisotopic (exact) mass is 797 g/mol. The zero-order valence-corrected chi connectivity index (χ0v) is 34.0. The van der Waals surface area contributed by atoms with E-state index in [0.29, 0.717) is 17.5 Å². The van der Waals surface area contributed by atoms with Gasteiger partial charge >= 0.3 is 0 Å². The lowest BCUT2D eigenvalue weighted by Crippen LogP contribution is -2.36. The van der Waals surface area contributed by atoms with Gasteiger partial charge in [0.25, 0.3) is 0 Å². The van der Waals surface area contributed by atoms with Gasteiger partial charge < -0.3 is 9.15 Å². The molecule has 5 nitrogen and oxygen atoms in total. The number of benzene rings is 8. The van der Waals surface area contributed by atoms with Crippen LogP contribution in [0.3, 0.4) is 0 Å². The number of para-hydroxylation sites is 2. The number of fused-ring (bicyclic) bond motifs is 11. The topological polar surface area (TPSA) is 61.0 Å². The van der Waals surface area contributed by atoms with Gasteiger partial charge in [0.1, 0.15) is 23.0 Å². The molecule has 62 heavy (non-hydrogen) atoms. The molecule has 3 heterocycles. The summed E-state index contributed by atoms with van der Waals surface area (Å²) in [5.74, 6) is 2.68. The van der Waals surface area contributed by atoms with Gasteiger partial charge in [0.15, 0.2) is 17.5 Å². The van der Waals surface area contributed by atoms with E-state index in [9.17, 15) is 0 Å². The molecule has 3 unspecified atom stereocenters. The van der Waals surface area contributed by atoms with Crippen LogP contribution in [0.2, 0.25) is 0 Å². The number of rotatable bonds is 4. The zero-order chi connectivity index (χ0) is 40.9. The van der Waals surface area contributed by atoms with Gasteiger partial charge in [0.2, 0.25) is 0 Å². The van der Waals surface area contributed by atoms with Crippen molar-refractivity contribution in [3.8, 4) is 39.7 Å². The maximum absolute atomic E-state index is 7.01. The molecule has 2 aromatic heterocycles. The van der Waals surface area contributed by atoms with E-state index >= 15 is 0 Å². The number of furan rings is 1. The molecule has 0 saturated heterocycles. The van der Waals surface area contributed by atoms with Crippen molar-refractivity contribution in [1.82, 2.24) is 15.0 Å². The van der Waals surface area contributed by atoms with Crippen LogP contribution in [0, 0.1) is 0 Å². The Morgan fingerprint density at radius 2 is 1.26 bits per heavy atom. The fourth-order valence-electron chi connectivity index (χ4n) is 10.7. The highest BCUT2D eigenvalue weighted by Crippen LogP contribution is 2.51. The Labute approximate surface area is 358 Å². The third-order valence-corrected chi connectivity index (χ3v) is 13.7. The van der Waals surface area contributed by atoms with E-state index in [4.69, 9.17) is 24.1 Å². The molecular formula is C57H39N3O2. The van der Waals surface area contributed by atoms with Crippen LogP contribution < -0.4 is 4.74 Å². The Morgan fingerprint density at radius 3 is 2.16 bits per heavy atom. The van der Waals surface area contributed by atoms with Crippen molar-refractivity contribution < 1.29 is 9.15 Å². The standard InChI is InChI=1S/C57H39N3O2/c1-57-31-13-23-46(53(57)62-50-26-11-9-24-48(50)57)56-59-54(44-22-12-17-34-14-4-5-18-38(34)44)58-55(60-56)45-30-29-43-41-21-8-10-25-49(41)61-52(43)51(45)42-28-27-37-32-35-15-2-3-16-36(35)33-47(37)40-20-7-6-19-39(40)42/h2-26,29-33,42,53H,27-28H2,1H3. The molecule has 1 aliphatic heterocycles. The summed E-state index contributed by atoms with van der Waals surface area (Å²) in [6.07, 6.45) is 7.96. The molecule has 8 aromatic carbocycles. The van der Waals surface area contributed by atoms with Crippen LogP contribution >= 0.6 is 0 Å². The van der Waals surface area contributed by atoms with E-state index in [0.717, 1.165) is 79.1 Å². The maximum atomic E-state index is 7.01. The highest BCUT2D eigenvalue weighted by molar-refractivity contribution is 6.08. The summed E-state index contributed by atoms with van der Waals surface area (Å²) in [5, 5.41) is 6.90. The van der Waals surface area contributed by atoms with Crippen LogP contribution in [0.15, 0.2) is 186 Å². The summed E-state index contributed by atoms with van der Waals surface area (Å²) in [6.45, 7) is 2.25. The van der Waals surface area contributed by atoms with E-state index in [1.807, 2.05) is 12.1 Å². The first-order valence-electron chi connectivity index (χ1n) is 21.5. The lowest BCUT2D eigenvalue weighted by Gasteiger charge is -2.31. The molecule has 0 N–H and O–H groups in total. The van der Waals surface area contributed by atoms with E-state index < -0.39 is 5.41 Å². The first kappa shape index (κ1) is 35.2. The number of ether oxygens (including phenoxy) is 1. The van der Waals surface area contributed by atoms with Gasteiger partial charge in [-0.3, -0.25) is 0 Å². The number of allylic oxidation sites excluding steroid dienone is 2. The van der Waals surface area contributed by atoms with Gasteiger partial charge in [-0.1, -0.05) is 152 Å². The van der Waals surface area contributed by atoms with Crippen molar-refractivity contribution in [1.29, 1.82) is 0 Å². The van der Waals surface area contributed by atoms with Gasteiger partial charge in [0.05, 0.1) is 5.41 Å². The third-order valence-electron chi connectivity index (χ3n) is 13.7. The molecule has 3 aliphatic rings. The van der Waals surface area contributed by atoms with Crippen LogP contribution in [0.4, 0.5) is 0 Å². The van der Waals surface area contributed by atoms with Crippen LogP contribution in [-0.4, -0.2) is 21.1 Å². The second kappa shape index (κ2) is 13.4. The summed E-state index contributed by atoms with van der Waals surface area (Å²) in [7, 11) is 0. The number of aromatic nitrogens is 3. The zero-order valence-electron chi connectivity index (χ0n) is 34.0. The molecule has 0 radical (unpaired) electrons. The van der Waals surface area contributed by atoms with Crippen molar-refractivity contribution in [3.05, 3.63) is 210 Å². The normalized spacial score (nSPS) is 18.8. The molecular weight excluding hydrogens is 759 g/mol. The summed E-state index contributed by atoms with van der Waals surface area (Å²) in [6, 6.07) is 58.4. The van der Waals surface area contributed by atoms with Gasteiger partial charge in [-0.05, 0) is 93.9 Å². The molecule has 0 saturated carbocycles. The molecule has 294 valence electrons. The Kier molecular flexibility index (Phi) is 7.62. The second-order valence-electron chi connectivity index (χ2n) is 17.1. The van der Waals surface area contributed by atoms with Gasteiger partial charge in [-0.15, -0.1) is 0 Å². The van der Waals surface area contributed by atoms with Crippen molar-refractivity contribution in [2.24, 2.45) is 0 Å². The Hall–Kier alpha value is -7.63. The van der Waals surface area contributed by atoms with Gasteiger partial charge in [-0.25, -0.2) is 15.0 Å². The number of hydrogen-bond acceptors (Lipinski definition) is 5. The van der Waals surface area contributed by atoms with Gasteiger partial charge in [-0.2, -0.15) is 0 Å². The highest BCUT2D eigenvalue weighted by Gasteiger charge is 2.47. The van der Waals surface area contributed by atoms with E-state index in [-0.39, 0.29) is 12.0 Å². The van der Waals surface area contributed by atoms with E-state index in [1.165, 1.54) is 33.0 Å². The van der Waals surface area contributed by atoms with Crippen LogP contribution in [0.5, 0.6) is 5.75 Å². The van der Waals surface area contributed by atoms with Crippen molar-refractivity contribution >= 4 is 49.1 Å². The molecule has 5 heteroatoms. The Balaban J connectivity index is 1.08. The minimum absolute atomic E-state index is 0.0324. The summed E-state index contributed by atoms with van der Waals surface area (Å²) < 4.78 is 13.8. The number of hydrogen-bond donors (Lipinski definition) is 0. The van der Waals surface area contributed by atoms with Crippen molar-refractivity contribution in [2.75, 3.05) is 0 Å². The van der Waals surface area contributed by atoms with E-state index in [1.54, 1.807) is 0 Å².